The molecule has 19 heavy (non-hydrogen) atoms. The van der Waals surface area contributed by atoms with Crippen LogP contribution in [0.3, 0.4) is 0 Å². The van der Waals surface area contributed by atoms with Gasteiger partial charge in [0.2, 0.25) is 0 Å². The minimum atomic E-state index is 0.875. The van der Waals surface area contributed by atoms with Crippen molar-refractivity contribution in [1.29, 1.82) is 0 Å². The van der Waals surface area contributed by atoms with Gasteiger partial charge in [-0.25, -0.2) is 0 Å². The van der Waals surface area contributed by atoms with Gasteiger partial charge in [-0.2, -0.15) is 0 Å². The van der Waals surface area contributed by atoms with Crippen molar-refractivity contribution in [2.24, 2.45) is 4.99 Å². The third-order valence-electron chi connectivity index (χ3n) is 0.414. The van der Waals surface area contributed by atoms with Gasteiger partial charge in [0.05, 0.1) is 0 Å². The predicted molar refractivity (Wildman–Crippen MR) is 102 cm³/mol. The van der Waals surface area contributed by atoms with Gasteiger partial charge in [-0.05, 0) is 20.8 Å². The highest BCUT2D eigenvalue weighted by Crippen LogP contribution is 1.87. The molecule has 0 amide bonds. The molecule has 0 atom stereocenters. The fraction of sp³-hybridized carbons (Fsp3) is 0.833. The summed E-state index contributed by atoms with van der Waals surface area (Å²) in [7, 11) is 0. The average Bonchev–Trinajstić information content (AvgIpc) is 2.50. The molecule has 124 valence electrons. The molecule has 1 heteroatoms. The molecule has 0 rings (SSSR count). The maximum Gasteiger partial charge on any atom is 0.0300 e. The van der Waals surface area contributed by atoms with Gasteiger partial charge in [-0.1, -0.05) is 89.7 Å². The maximum absolute atomic E-state index is 4.00. The average molecular weight is 278 g/mol. The van der Waals surface area contributed by atoms with Crippen LogP contribution in [0.5, 0.6) is 0 Å². The molecule has 0 aliphatic carbocycles. The van der Waals surface area contributed by atoms with Crippen LogP contribution in [0.15, 0.2) is 17.3 Å². The van der Waals surface area contributed by atoms with Crippen molar-refractivity contribution >= 4 is 5.71 Å². The third kappa shape index (κ3) is 356. The van der Waals surface area contributed by atoms with Gasteiger partial charge in [0.15, 0.2) is 0 Å². The zero-order valence-electron chi connectivity index (χ0n) is 17.2. The number of rotatable bonds is 1. The first-order valence-corrected chi connectivity index (χ1v) is 8.30. The molecule has 0 spiro atoms. The van der Waals surface area contributed by atoms with Crippen LogP contribution in [0.2, 0.25) is 0 Å². The van der Waals surface area contributed by atoms with Crippen molar-refractivity contribution in [3.63, 3.8) is 0 Å². The molecular weight excluding hydrogens is 230 g/mol. The second-order valence-corrected chi connectivity index (χ2v) is 1.79. The van der Waals surface area contributed by atoms with Crippen molar-refractivity contribution in [2.75, 3.05) is 0 Å². The molecule has 0 heterocycles. The quantitative estimate of drug-likeness (QED) is 0.429. The zero-order chi connectivity index (χ0) is 17.9. The Bertz CT molecular complexity index is 98.3. The van der Waals surface area contributed by atoms with E-state index in [4.69, 9.17) is 0 Å². The first-order chi connectivity index (χ1) is 9.13. The van der Waals surface area contributed by atoms with E-state index in [1.54, 1.807) is 0 Å². The SMILES string of the molecule is C=C(C)N=C(C)C.CC.CC.CC.CC.CC.CC. The highest BCUT2D eigenvalue weighted by atomic mass is 14.7. The highest BCUT2D eigenvalue weighted by molar-refractivity contribution is 5.79. The van der Waals surface area contributed by atoms with Gasteiger partial charge in [0.25, 0.3) is 0 Å². The largest absolute Gasteiger partial charge is 0.264 e. The van der Waals surface area contributed by atoms with Gasteiger partial charge in [0, 0.05) is 11.4 Å². The molecule has 0 saturated carbocycles. The number of hydrogen-bond acceptors (Lipinski definition) is 1. The van der Waals surface area contributed by atoms with Crippen LogP contribution in [0, 0.1) is 0 Å². The maximum atomic E-state index is 4.00. The molecule has 0 aromatic carbocycles. The summed E-state index contributed by atoms with van der Waals surface area (Å²) in [5.74, 6) is 0. The van der Waals surface area contributed by atoms with Crippen molar-refractivity contribution in [3.8, 4) is 0 Å². The lowest BCUT2D eigenvalue weighted by molar-refractivity contribution is 1.31. The lowest BCUT2D eigenvalue weighted by Crippen LogP contribution is -1.78. The highest BCUT2D eigenvalue weighted by Gasteiger charge is 1.74. The van der Waals surface area contributed by atoms with E-state index in [9.17, 15) is 0 Å². The van der Waals surface area contributed by atoms with E-state index in [0.717, 1.165) is 11.4 Å². The lowest BCUT2D eigenvalue weighted by Gasteiger charge is -1.85. The van der Waals surface area contributed by atoms with E-state index in [1.165, 1.54) is 0 Å². The third-order valence-corrected chi connectivity index (χ3v) is 0.414. The summed E-state index contributed by atoms with van der Waals surface area (Å²) in [5, 5.41) is 0. The molecular formula is C18H47N. The van der Waals surface area contributed by atoms with Crippen LogP contribution in [0.1, 0.15) is 104 Å². The first kappa shape index (κ1) is 42.9. The smallest absolute Gasteiger partial charge is 0.0300 e. The molecule has 0 aromatic heterocycles. The molecule has 0 bridgehead atoms. The van der Waals surface area contributed by atoms with E-state index in [-0.39, 0.29) is 0 Å². The fourth-order valence-electron chi connectivity index (χ4n) is 0.382. The summed E-state index contributed by atoms with van der Waals surface area (Å²) < 4.78 is 0. The second-order valence-electron chi connectivity index (χ2n) is 1.79. The Labute approximate surface area is 127 Å². The van der Waals surface area contributed by atoms with Crippen molar-refractivity contribution in [3.05, 3.63) is 12.3 Å². The van der Waals surface area contributed by atoms with Crippen molar-refractivity contribution in [2.45, 2.75) is 104 Å². The summed E-state index contributed by atoms with van der Waals surface area (Å²) in [5.41, 5.74) is 1.94. The molecule has 0 unspecified atom stereocenters. The number of nitrogens with zero attached hydrogens (tertiary/aromatic N) is 1. The minimum Gasteiger partial charge on any atom is -0.264 e. The van der Waals surface area contributed by atoms with Gasteiger partial charge >= 0.3 is 0 Å². The van der Waals surface area contributed by atoms with Crippen molar-refractivity contribution < 1.29 is 0 Å². The Balaban J connectivity index is -0.0000000205. The molecule has 0 aliphatic heterocycles. The normalized spacial score (nSPS) is 4.79. The van der Waals surface area contributed by atoms with E-state index < -0.39 is 0 Å². The molecule has 0 N–H and O–H groups in total. The van der Waals surface area contributed by atoms with Crippen LogP contribution in [-0.4, -0.2) is 5.71 Å². The van der Waals surface area contributed by atoms with Crippen molar-refractivity contribution in [1.82, 2.24) is 0 Å². The molecule has 0 aromatic rings. The van der Waals surface area contributed by atoms with Crippen LogP contribution in [-0.2, 0) is 0 Å². The topological polar surface area (TPSA) is 12.4 Å². The Morgan fingerprint density at radius 1 is 0.526 bits per heavy atom. The van der Waals surface area contributed by atoms with E-state index in [1.807, 2.05) is 104 Å². The van der Waals surface area contributed by atoms with Gasteiger partial charge in [0.1, 0.15) is 0 Å². The second kappa shape index (κ2) is 114. The van der Waals surface area contributed by atoms with Gasteiger partial charge in [-0.3, -0.25) is 4.99 Å². The molecule has 0 aliphatic rings. The molecule has 0 radical (unpaired) electrons. The van der Waals surface area contributed by atoms with Gasteiger partial charge < -0.3 is 0 Å². The summed E-state index contributed by atoms with van der Waals surface area (Å²) in [6.45, 7) is 33.4. The number of hydrogen-bond donors (Lipinski definition) is 0. The lowest BCUT2D eigenvalue weighted by atomic mass is 10.5. The van der Waals surface area contributed by atoms with Gasteiger partial charge in [-0.15, -0.1) is 0 Å². The fourth-order valence-corrected chi connectivity index (χ4v) is 0.382. The van der Waals surface area contributed by atoms with Crippen LogP contribution < -0.4 is 0 Å². The predicted octanol–water partition coefficient (Wildman–Crippen LogP) is 8.16. The van der Waals surface area contributed by atoms with E-state index >= 15 is 0 Å². The Hall–Kier alpha value is -0.590. The standard InChI is InChI=1S/C6H11N.6C2H6/c1-5(2)7-6(3)4;6*1-2/h1H2,2-4H3;6*1-2H3. The van der Waals surface area contributed by atoms with Crippen LogP contribution in [0.25, 0.3) is 0 Å². The van der Waals surface area contributed by atoms with Crippen LogP contribution in [0.4, 0.5) is 0 Å². The summed E-state index contributed by atoms with van der Waals surface area (Å²) in [6.07, 6.45) is 0. The van der Waals surface area contributed by atoms with E-state index in [0.29, 0.717) is 0 Å². The molecule has 0 saturated heterocycles. The summed E-state index contributed by atoms with van der Waals surface area (Å²) >= 11 is 0. The monoisotopic (exact) mass is 277 g/mol. The summed E-state index contributed by atoms with van der Waals surface area (Å²) in [6, 6.07) is 0. The minimum absolute atomic E-state index is 0.875. The Kier molecular flexibility index (Phi) is 257. The number of allylic oxidation sites excluding steroid dienone is 1. The zero-order valence-corrected chi connectivity index (χ0v) is 17.2. The number of aliphatic imine (C=N–C) groups is 1. The molecule has 0 fully saturated rings. The first-order valence-electron chi connectivity index (χ1n) is 8.30. The van der Waals surface area contributed by atoms with E-state index in [2.05, 4.69) is 11.6 Å². The summed E-state index contributed by atoms with van der Waals surface area (Å²) in [4.78, 5) is 4.00. The Morgan fingerprint density at radius 2 is 0.684 bits per heavy atom. The Morgan fingerprint density at radius 3 is 0.684 bits per heavy atom. The van der Waals surface area contributed by atoms with Crippen LogP contribution >= 0.6 is 0 Å². The molecule has 1 nitrogen and oxygen atoms in total.